The quantitative estimate of drug-likeness (QED) is 0.559. The molecule has 0 aliphatic carbocycles. The number of benzene rings is 1. The number of aliphatic hydroxyl groups excluding tert-OH is 2. The van der Waals surface area contributed by atoms with Crippen LogP contribution >= 0.6 is 0 Å². The fraction of sp³-hybridized carbons (Fsp3) is 0.333. The summed E-state index contributed by atoms with van der Waals surface area (Å²) in [4.78, 5) is 21.5. The molecule has 0 spiro atoms. The second-order valence-corrected chi connectivity index (χ2v) is 3.95. The Bertz CT molecular complexity index is 487. The number of rotatable bonds is 6. The first kappa shape index (κ1) is 14.9. The zero-order chi connectivity index (χ0) is 14.6. The third-order valence-corrected chi connectivity index (χ3v) is 2.57. The van der Waals surface area contributed by atoms with E-state index in [-0.39, 0.29) is 16.9 Å². The summed E-state index contributed by atoms with van der Waals surface area (Å²) in [5.41, 5.74) is 5.08. The normalized spacial score (nSPS) is 13.6. The van der Waals surface area contributed by atoms with Crippen molar-refractivity contribution in [2.45, 2.75) is 18.6 Å². The van der Waals surface area contributed by atoms with Gasteiger partial charge in [-0.15, -0.1) is 0 Å². The average molecular weight is 269 g/mol. The van der Waals surface area contributed by atoms with E-state index in [0.717, 1.165) is 0 Å². The first-order valence-electron chi connectivity index (χ1n) is 5.42. The van der Waals surface area contributed by atoms with Crippen molar-refractivity contribution >= 4 is 11.9 Å². The minimum atomic E-state index is -1.36. The maximum absolute atomic E-state index is 10.9. The molecule has 0 radical (unpaired) electrons. The van der Waals surface area contributed by atoms with Crippen LogP contribution in [0.2, 0.25) is 0 Å². The number of primary amides is 1. The smallest absolute Gasteiger partial charge is 0.339 e. The van der Waals surface area contributed by atoms with Crippen molar-refractivity contribution in [2.75, 3.05) is 7.11 Å². The number of aromatic carboxylic acids is 1. The molecule has 2 atom stereocenters. The monoisotopic (exact) mass is 269 g/mol. The molecule has 104 valence electrons. The van der Waals surface area contributed by atoms with Gasteiger partial charge in [0.25, 0.3) is 0 Å². The van der Waals surface area contributed by atoms with E-state index in [9.17, 15) is 19.8 Å². The number of hydrogen-bond donors (Lipinski definition) is 4. The summed E-state index contributed by atoms with van der Waals surface area (Å²) in [6.07, 6.45) is -3.12. The van der Waals surface area contributed by atoms with Crippen LogP contribution < -0.4 is 10.5 Å². The van der Waals surface area contributed by atoms with E-state index in [2.05, 4.69) is 0 Å². The Balaban J connectivity index is 3.01. The average Bonchev–Trinajstić information content (AvgIpc) is 2.36. The van der Waals surface area contributed by atoms with E-state index in [4.69, 9.17) is 15.6 Å². The van der Waals surface area contributed by atoms with Gasteiger partial charge in [0.2, 0.25) is 5.91 Å². The van der Waals surface area contributed by atoms with E-state index in [1.165, 1.54) is 25.3 Å². The van der Waals surface area contributed by atoms with Gasteiger partial charge in [0.05, 0.1) is 19.6 Å². The Morgan fingerprint density at radius 3 is 2.47 bits per heavy atom. The number of amides is 1. The van der Waals surface area contributed by atoms with Crippen LogP contribution in [0.1, 0.15) is 28.4 Å². The SMILES string of the molecule is COc1cc(C(O)C(O)CC(N)=O)ccc1C(=O)O. The van der Waals surface area contributed by atoms with Gasteiger partial charge < -0.3 is 25.8 Å². The highest BCUT2D eigenvalue weighted by Crippen LogP contribution is 2.26. The van der Waals surface area contributed by atoms with Gasteiger partial charge in [-0.25, -0.2) is 4.79 Å². The molecule has 0 fully saturated rings. The molecule has 1 amide bonds. The molecule has 0 heterocycles. The van der Waals surface area contributed by atoms with Crippen molar-refractivity contribution in [1.29, 1.82) is 0 Å². The number of aliphatic hydroxyl groups is 2. The van der Waals surface area contributed by atoms with Crippen LogP contribution in [0, 0.1) is 0 Å². The van der Waals surface area contributed by atoms with Crippen LogP contribution in [0.15, 0.2) is 18.2 Å². The Morgan fingerprint density at radius 2 is 2.00 bits per heavy atom. The molecule has 1 rings (SSSR count). The molecule has 0 aliphatic heterocycles. The molecular formula is C12H15NO6. The minimum Gasteiger partial charge on any atom is -0.496 e. The number of carboxylic acids is 1. The first-order valence-corrected chi connectivity index (χ1v) is 5.42. The van der Waals surface area contributed by atoms with E-state index >= 15 is 0 Å². The highest BCUT2D eigenvalue weighted by molar-refractivity contribution is 5.91. The lowest BCUT2D eigenvalue weighted by Crippen LogP contribution is -2.25. The van der Waals surface area contributed by atoms with E-state index in [1.54, 1.807) is 0 Å². The Labute approximate surface area is 109 Å². The number of hydrogen-bond acceptors (Lipinski definition) is 5. The number of carboxylic acid groups (broad SMARTS) is 1. The molecule has 0 aliphatic rings. The van der Waals surface area contributed by atoms with E-state index < -0.39 is 30.5 Å². The molecule has 0 saturated heterocycles. The summed E-state index contributed by atoms with van der Waals surface area (Å²) in [6.45, 7) is 0. The third-order valence-electron chi connectivity index (χ3n) is 2.57. The number of ether oxygens (including phenoxy) is 1. The van der Waals surface area contributed by atoms with Crippen molar-refractivity contribution in [1.82, 2.24) is 0 Å². The maximum atomic E-state index is 10.9. The largest absolute Gasteiger partial charge is 0.496 e. The van der Waals surface area contributed by atoms with Crippen molar-refractivity contribution in [2.24, 2.45) is 5.73 Å². The lowest BCUT2D eigenvalue weighted by molar-refractivity contribution is -0.121. The Hall–Kier alpha value is -2.12. The standard InChI is InChI=1S/C12H15NO6/c1-19-9-4-6(2-3-7(9)12(17)18)11(16)8(14)5-10(13)15/h2-4,8,11,14,16H,5H2,1H3,(H2,13,15)(H,17,18). The van der Waals surface area contributed by atoms with Crippen molar-refractivity contribution in [3.63, 3.8) is 0 Å². The van der Waals surface area contributed by atoms with Gasteiger partial charge in [-0.3, -0.25) is 4.79 Å². The van der Waals surface area contributed by atoms with Gasteiger partial charge >= 0.3 is 5.97 Å². The molecule has 19 heavy (non-hydrogen) atoms. The molecule has 0 saturated carbocycles. The lowest BCUT2D eigenvalue weighted by Gasteiger charge is -2.18. The predicted molar refractivity (Wildman–Crippen MR) is 64.7 cm³/mol. The summed E-state index contributed by atoms with van der Waals surface area (Å²) >= 11 is 0. The summed E-state index contributed by atoms with van der Waals surface area (Å²) in [6, 6.07) is 3.87. The van der Waals surface area contributed by atoms with Crippen LogP contribution in [0.3, 0.4) is 0 Å². The third kappa shape index (κ3) is 3.67. The van der Waals surface area contributed by atoms with Crippen LogP contribution in [0.5, 0.6) is 5.75 Å². The molecule has 0 aromatic heterocycles. The summed E-state index contributed by atoms with van der Waals surface area (Å²) < 4.78 is 4.89. The highest BCUT2D eigenvalue weighted by atomic mass is 16.5. The lowest BCUT2D eigenvalue weighted by atomic mass is 10.00. The second-order valence-electron chi connectivity index (χ2n) is 3.95. The number of nitrogens with two attached hydrogens (primary N) is 1. The molecular weight excluding hydrogens is 254 g/mol. The Kier molecular flexibility index (Phi) is 4.85. The van der Waals surface area contributed by atoms with Gasteiger partial charge in [0, 0.05) is 0 Å². The number of carbonyl (C=O) groups is 2. The molecule has 0 bridgehead atoms. The van der Waals surface area contributed by atoms with Crippen LogP contribution in [-0.4, -0.2) is 40.4 Å². The van der Waals surface area contributed by atoms with Crippen LogP contribution in [-0.2, 0) is 4.79 Å². The van der Waals surface area contributed by atoms with E-state index in [0.29, 0.717) is 0 Å². The van der Waals surface area contributed by atoms with Crippen molar-refractivity contribution in [3.05, 3.63) is 29.3 Å². The zero-order valence-electron chi connectivity index (χ0n) is 10.2. The second kappa shape index (κ2) is 6.17. The van der Waals surface area contributed by atoms with Crippen molar-refractivity contribution in [3.8, 4) is 5.75 Å². The molecule has 1 aromatic rings. The minimum absolute atomic E-state index is 0.0512. The molecule has 7 heteroatoms. The topological polar surface area (TPSA) is 130 Å². The maximum Gasteiger partial charge on any atom is 0.339 e. The van der Waals surface area contributed by atoms with E-state index in [1.807, 2.05) is 0 Å². The Morgan fingerprint density at radius 1 is 1.37 bits per heavy atom. The fourth-order valence-corrected chi connectivity index (χ4v) is 1.61. The van der Waals surface area contributed by atoms with Gasteiger partial charge in [-0.2, -0.15) is 0 Å². The highest BCUT2D eigenvalue weighted by Gasteiger charge is 2.22. The summed E-state index contributed by atoms with van der Waals surface area (Å²) in [5, 5.41) is 28.3. The van der Waals surface area contributed by atoms with Gasteiger partial charge in [-0.05, 0) is 17.7 Å². The fourth-order valence-electron chi connectivity index (χ4n) is 1.61. The van der Waals surface area contributed by atoms with Gasteiger partial charge in [0.1, 0.15) is 17.4 Å². The first-order chi connectivity index (χ1) is 8.86. The molecule has 5 N–H and O–H groups in total. The molecule has 1 aromatic carbocycles. The van der Waals surface area contributed by atoms with Crippen LogP contribution in [0.25, 0.3) is 0 Å². The molecule has 7 nitrogen and oxygen atoms in total. The molecule has 2 unspecified atom stereocenters. The van der Waals surface area contributed by atoms with Crippen LogP contribution in [0.4, 0.5) is 0 Å². The zero-order valence-corrected chi connectivity index (χ0v) is 10.2. The summed E-state index contributed by atoms with van der Waals surface area (Å²) in [7, 11) is 1.29. The van der Waals surface area contributed by atoms with Gasteiger partial charge in [0.15, 0.2) is 0 Å². The summed E-state index contributed by atoms with van der Waals surface area (Å²) in [5.74, 6) is -1.87. The van der Waals surface area contributed by atoms with Gasteiger partial charge in [-0.1, -0.05) is 6.07 Å². The number of methoxy groups -OCH3 is 1. The van der Waals surface area contributed by atoms with Crippen molar-refractivity contribution < 1.29 is 29.6 Å². The predicted octanol–water partition coefficient (Wildman–Crippen LogP) is -0.337. The number of carbonyl (C=O) groups excluding carboxylic acids is 1.